The molecule has 4 rings (SSSR count). The number of nitrogens with zero attached hydrogens (tertiary/aromatic N) is 1. The molecular formula is C17H14N2. The summed E-state index contributed by atoms with van der Waals surface area (Å²) in [4.78, 5) is 4.54. The Kier molecular flexibility index (Phi) is 2.27. The van der Waals surface area contributed by atoms with Crippen LogP contribution in [0.3, 0.4) is 0 Å². The molecule has 0 saturated carbocycles. The van der Waals surface area contributed by atoms with Crippen molar-refractivity contribution in [2.45, 2.75) is 6.42 Å². The van der Waals surface area contributed by atoms with E-state index in [1.165, 1.54) is 27.8 Å². The second-order valence-electron chi connectivity index (χ2n) is 4.93. The van der Waals surface area contributed by atoms with Crippen LogP contribution in [0.25, 0.3) is 22.0 Å². The summed E-state index contributed by atoms with van der Waals surface area (Å²) >= 11 is 0. The molecule has 1 aliphatic heterocycles. The number of fused-ring (bicyclic) bond motifs is 2. The van der Waals surface area contributed by atoms with Gasteiger partial charge in [-0.3, -0.25) is 4.98 Å². The molecule has 2 heteroatoms. The molecule has 0 saturated heterocycles. The maximum absolute atomic E-state index is 4.54. The fraction of sp³-hybridized carbons (Fsp3) is 0.118. The first kappa shape index (κ1) is 10.6. The molecule has 1 aliphatic rings. The summed E-state index contributed by atoms with van der Waals surface area (Å²) in [6, 6.07) is 17.1. The largest absolute Gasteiger partial charge is 0.384 e. The molecule has 0 radical (unpaired) electrons. The van der Waals surface area contributed by atoms with Crippen molar-refractivity contribution in [1.82, 2.24) is 4.98 Å². The normalized spacial score (nSPS) is 13.3. The summed E-state index contributed by atoms with van der Waals surface area (Å²) in [5, 5.41) is 4.59. The summed E-state index contributed by atoms with van der Waals surface area (Å²) in [7, 11) is 0. The van der Waals surface area contributed by atoms with Crippen LogP contribution in [0.5, 0.6) is 0 Å². The van der Waals surface area contributed by atoms with Crippen LogP contribution in [-0.4, -0.2) is 11.5 Å². The van der Waals surface area contributed by atoms with Crippen molar-refractivity contribution in [2.75, 3.05) is 11.9 Å². The van der Waals surface area contributed by atoms with E-state index in [0.29, 0.717) is 0 Å². The molecule has 0 spiro atoms. The van der Waals surface area contributed by atoms with Crippen LogP contribution in [0.4, 0.5) is 5.69 Å². The molecule has 1 aromatic heterocycles. The van der Waals surface area contributed by atoms with E-state index in [2.05, 4.69) is 52.8 Å². The van der Waals surface area contributed by atoms with Crippen LogP contribution in [0.2, 0.25) is 0 Å². The number of hydrogen-bond acceptors (Lipinski definition) is 2. The van der Waals surface area contributed by atoms with E-state index >= 15 is 0 Å². The quantitative estimate of drug-likeness (QED) is 0.705. The first-order valence-electron chi connectivity index (χ1n) is 6.63. The van der Waals surface area contributed by atoms with E-state index in [9.17, 15) is 0 Å². The molecule has 0 fully saturated rings. The minimum atomic E-state index is 1.05. The second kappa shape index (κ2) is 4.09. The van der Waals surface area contributed by atoms with Crippen LogP contribution in [0, 0.1) is 0 Å². The minimum Gasteiger partial charge on any atom is -0.384 e. The van der Waals surface area contributed by atoms with Crippen LogP contribution in [-0.2, 0) is 6.42 Å². The Labute approximate surface area is 112 Å². The van der Waals surface area contributed by atoms with Crippen molar-refractivity contribution in [2.24, 2.45) is 0 Å². The topological polar surface area (TPSA) is 24.9 Å². The number of para-hydroxylation sites is 1. The van der Waals surface area contributed by atoms with Gasteiger partial charge in [0, 0.05) is 29.4 Å². The molecule has 0 amide bonds. The maximum Gasteiger partial charge on any atom is 0.0780 e. The summed E-state index contributed by atoms with van der Waals surface area (Å²) in [6.45, 7) is 1.05. The third-order valence-electron chi connectivity index (χ3n) is 3.76. The van der Waals surface area contributed by atoms with E-state index in [4.69, 9.17) is 0 Å². The zero-order valence-corrected chi connectivity index (χ0v) is 10.6. The van der Waals surface area contributed by atoms with Gasteiger partial charge in [-0.05, 0) is 35.7 Å². The van der Waals surface area contributed by atoms with Gasteiger partial charge in [-0.2, -0.15) is 0 Å². The maximum atomic E-state index is 4.54. The fourth-order valence-corrected chi connectivity index (χ4v) is 2.81. The average molecular weight is 246 g/mol. The lowest BCUT2D eigenvalue weighted by atomic mass is 9.99. The van der Waals surface area contributed by atoms with Gasteiger partial charge < -0.3 is 5.32 Å². The Morgan fingerprint density at radius 2 is 1.95 bits per heavy atom. The monoisotopic (exact) mass is 246 g/mol. The van der Waals surface area contributed by atoms with Crippen molar-refractivity contribution in [3.05, 3.63) is 60.3 Å². The minimum absolute atomic E-state index is 1.05. The Bertz CT molecular complexity index is 757. The number of nitrogens with one attached hydrogen (secondary N) is 1. The molecule has 2 aromatic carbocycles. The predicted molar refractivity (Wildman–Crippen MR) is 79.4 cm³/mol. The molecule has 2 heterocycles. The van der Waals surface area contributed by atoms with E-state index in [1.54, 1.807) is 0 Å². The molecule has 3 aromatic rings. The van der Waals surface area contributed by atoms with Gasteiger partial charge in [-0.1, -0.05) is 30.3 Å². The Morgan fingerprint density at radius 1 is 1.00 bits per heavy atom. The standard InChI is InChI=1S/C17H14N2/c1-3-12-4-2-9-19-17(12)15(5-1)13-6-7-16-14(11-13)8-10-18-16/h1-7,9,11,18H,8,10H2. The van der Waals surface area contributed by atoms with Crippen molar-refractivity contribution >= 4 is 16.6 Å². The highest BCUT2D eigenvalue weighted by Crippen LogP contribution is 2.31. The van der Waals surface area contributed by atoms with Gasteiger partial charge in [0.25, 0.3) is 0 Å². The molecule has 92 valence electrons. The van der Waals surface area contributed by atoms with Crippen molar-refractivity contribution in [1.29, 1.82) is 0 Å². The lowest BCUT2D eigenvalue weighted by molar-refractivity contribution is 1.11. The zero-order chi connectivity index (χ0) is 12.7. The van der Waals surface area contributed by atoms with Gasteiger partial charge >= 0.3 is 0 Å². The van der Waals surface area contributed by atoms with E-state index < -0.39 is 0 Å². The van der Waals surface area contributed by atoms with Crippen LogP contribution < -0.4 is 5.32 Å². The highest BCUT2D eigenvalue weighted by atomic mass is 14.9. The number of aromatic nitrogens is 1. The third kappa shape index (κ3) is 1.68. The first-order chi connectivity index (χ1) is 9.42. The van der Waals surface area contributed by atoms with Gasteiger partial charge in [0.15, 0.2) is 0 Å². The van der Waals surface area contributed by atoms with E-state index in [0.717, 1.165) is 18.5 Å². The lowest BCUT2D eigenvalue weighted by Crippen LogP contribution is -1.90. The number of benzene rings is 2. The molecule has 0 aliphatic carbocycles. The van der Waals surface area contributed by atoms with Crippen LogP contribution in [0.15, 0.2) is 54.7 Å². The SMILES string of the molecule is c1cnc2c(-c3ccc4c(c3)CCN4)cccc2c1. The summed E-state index contributed by atoms with van der Waals surface area (Å²) in [6.07, 6.45) is 2.97. The summed E-state index contributed by atoms with van der Waals surface area (Å²) in [5.41, 5.74) is 6.23. The van der Waals surface area contributed by atoms with Gasteiger partial charge in [-0.25, -0.2) is 0 Å². The van der Waals surface area contributed by atoms with Gasteiger partial charge in [0.05, 0.1) is 5.52 Å². The number of anilines is 1. The van der Waals surface area contributed by atoms with Crippen LogP contribution in [0.1, 0.15) is 5.56 Å². The Morgan fingerprint density at radius 3 is 2.95 bits per heavy atom. The first-order valence-corrected chi connectivity index (χ1v) is 6.63. The molecule has 0 atom stereocenters. The highest BCUT2D eigenvalue weighted by molar-refractivity contribution is 5.93. The third-order valence-corrected chi connectivity index (χ3v) is 3.76. The molecule has 0 bridgehead atoms. The molecular weight excluding hydrogens is 232 g/mol. The van der Waals surface area contributed by atoms with Gasteiger partial charge in [0.2, 0.25) is 0 Å². The van der Waals surface area contributed by atoms with E-state index in [-0.39, 0.29) is 0 Å². The molecule has 0 unspecified atom stereocenters. The van der Waals surface area contributed by atoms with E-state index in [1.807, 2.05) is 12.3 Å². The van der Waals surface area contributed by atoms with Crippen LogP contribution >= 0.6 is 0 Å². The zero-order valence-electron chi connectivity index (χ0n) is 10.6. The second-order valence-corrected chi connectivity index (χ2v) is 4.93. The van der Waals surface area contributed by atoms with Crippen molar-refractivity contribution in [3.63, 3.8) is 0 Å². The lowest BCUT2D eigenvalue weighted by Gasteiger charge is -2.08. The molecule has 1 N–H and O–H groups in total. The highest BCUT2D eigenvalue weighted by Gasteiger charge is 2.12. The Balaban J connectivity index is 1.95. The Hall–Kier alpha value is -2.35. The van der Waals surface area contributed by atoms with Crippen molar-refractivity contribution in [3.8, 4) is 11.1 Å². The average Bonchev–Trinajstić information content (AvgIpc) is 2.94. The predicted octanol–water partition coefficient (Wildman–Crippen LogP) is 3.87. The number of pyridine rings is 1. The fourth-order valence-electron chi connectivity index (χ4n) is 2.81. The van der Waals surface area contributed by atoms with Crippen molar-refractivity contribution < 1.29 is 0 Å². The number of hydrogen-bond donors (Lipinski definition) is 1. The summed E-state index contributed by atoms with van der Waals surface area (Å²) < 4.78 is 0. The molecule has 2 nitrogen and oxygen atoms in total. The molecule has 19 heavy (non-hydrogen) atoms. The summed E-state index contributed by atoms with van der Waals surface area (Å²) in [5.74, 6) is 0. The number of rotatable bonds is 1. The smallest absolute Gasteiger partial charge is 0.0780 e. The van der Waals surface area contributed by atoms with Gasteiger partial charge in [0.1, 0.15) is 0 Å². The van der Waals surface area contributed by atoms with Gasteiger partial charge in [-0.15, -0.1) is 0 Å².